The minimum Gasteiger partial charge on any atom is -0.378 e. The molecule has 9 heteroatoms. The normalized spacial score (nSPS) is 11.7. The average Bonchev–Trinajstić information content (AvgIpc) is 3.29. The summed E-state index contributed by atoms with van der Waals surface area (Å²) in [7, 11) is 3.99. The van der Waals surface area contributed by atoms with E-state index in [4.69, 9.17) is 0 Å². The molecule has 0 aliphatic heterocycles. The summed E-state index contributed by atoms with van der Waals surface area (Å²) in [6.07, 6.45) is 0. The lowest BCUT2D eigenvalue weighted by molar-refractivity contribution is 0.101. The third kappa shape index (κ3) is 4.64. The second-order valence-electron chi connectivity index (χ2n) is 6.66. The van der Waals surface area contributed by atoms with Crippen molar-refractivity contribution >= 4 is 65.2 Å². The lowest BCUT2D eigenvalue weighted by Crippen LogP contribution is -2.07. The van der Waals surface area contributed by atoms with Gasteiger partial charge < -0.3 is 4.90 Å². The third-order valence-corrected chi connectivity index (χ3v) is 6.15. The molecule has 0 fully saturated rings. The van der Waals surface area contributed by atoms with Gasteiger partial charge in [0.15, 0.2) is 5.78 Å². The van der Waals surface area contributed by atoms with Crippen molar-refractivity contribution in [1.82, 2.24) is 4.98 Å². The van der Waals surface area contributed by atoms with E-state index in [1.165, 1.54) is 29.6 Å². The van der Waals surface area contributed by atoms with Crippen LogP contribution in [0.1, 0.15) is 17.3 Å². The van der Waals surface area contributed by atoms with Crippen molar-refractivity contribution in [2.24, 2.45) is 20.5 Å². The number of thiophene rings is 1. The van der Waals surface area contributed by atoms with Crippen molar-refractivity contribution < 1.29 is 4.79 Å². The van der Waals surface area contributed by atoms with Crippen LogP contribution in [-0.2, 0) is 0 Å². The monoisotopic (exact) mass is 434 g/mol. The molecular weight excluding hydrogens is 416 g/mol. The minimum absolute atomic E-state index is 0.0292. The number of thiazole rings is 1. The van der Waals surface area contributed by atoms with Crippen LogP contribution >= 0.6 is 22.7 Å². The molecule has 2 aromatic heterocycles. The molecule has 150 valence electrons. The molecule has 0 bridgehead atoms. The molecule has 0 saturated heterocycles. The van der Waals surface area contributed by atoms with Crippen LogP contribution in [0, 0.1) is 0 Å². The van der Waals surface area contributed by atoms with E-state index in [0.717, 1.165) is 25.9 Å². The number of aromatic nitrogens is 1. The fraction of sp³-hybridized carbons (Fsp3) is 0.143. The van der Waals surface area contributed by atoms with Gasteiger partial charge >= 0.3 is 0 Å². The Kier molecular flexibility index (Phi) is 5.73. The predicted molar refractivity (Wildman–Crippen MR) is 123 cm³/mol. The van der Waals surface area contributed by atoms with Crippen LogP contribution in [0.15, 0.2) is 75.1 Å². The average molecular weight is 435 g/mol. The summed E-state index contributed by atoms with van der Waals surface area (Å²) in [5.41, 5.74) is 3.24. The molecule has 0 saturated carbocycles. The zero-order valence-corrected chi connectivity index (χ0v) is 18.2. The first-order chi connectivity index (χ1) is 14.5. The largest absolute Gasteiger partial charge is 0.378 e. The Balaban J connectivity index is 1.45. The number of azo groups is 2. The quantitative estimate of drug-likeness (QED) is 0.233. The molecule has 0 aliphatic rings. The smallest absolute Gasteiger partial charge is 0.231 e. The predicted octanol–water partition coefficient (Wildman–Crippen LogP) is 7.46. The topological polar surface area (TPSA) is 82.6 Å². The molecule has 0 atom stereocenters. The number of Topliss-reactive ketones (excluding diaryl/α,β-unsaturated/α-hetero) is 1. The third-order valence-electron chi connectivity index (χ3n) is 4.22. The van der Waals surface area contributed by atoms with Gasteiger partial charge in [-0.15, -0.1) is 20.5 Å². The van der Waals surface area contributed by atoms with E-state index >= 15 is 0 Å². The fourth-order valence-electron chi connectivity index (χ4n) is 2.59. The Bertz CT molecular complexity index is 1210. The van der Waals surface area contributed by atoms with Gasteiger partial charge in [-0.05, 0) is 61.5 Å². The summed E-state index contributed by atoms with van der Waals surface area (Å²) in [6.45, 7) is 1.54. The van der Waals surface area contributed by atoms with Gasteiger partial charge in [0.2, 0.25) is 5.13 Å². The number of carbonyl (C=O) groups excluding carboxylic acids is 1. The van der Waals surface area contributed by atoms with Crippen molar-refractivity contribution in [3.8, 4) is 0 Å². The van der Waals surface area contributed by atoms with E-state index < -0.39 is 0 Å². The van der Waals surface area contributed by atoms with Crippen molar-refractivity contribution in [1.29, 1.82) is 0 Å². The van der Waals surface area contributed by atoms with Crippen molar-refractivity contribution in [2.75, 3.05) is 19.0 Å². The number of hydrogen-bond acceptors (Lipinski definition) is 9. The number of ketones is 1. The first kappa shape index (κ1) is 20.0. The number of carbonyl (C=O) groups is 1. The maximum Gasteiger partial charge on any atom is 0.231 e. The van der Waals surface area contributed by atoms with Gasteiger partial charge in [0, 0.05) is 25.3 Å². The number of hydrogen-bond donors (Lipinski definition) is 0. The van der Waals surface area contributed by atoms with Crippen LogP contribution < -0.4 is 4.90 Å². The Morgan fingerprint density at radius 3 is 2.10 bits per heavy atom. The van der Waals surface area contributed by atoms with Crippen LogP contribution in [0.4, 0.5) is 27.2 Å². The van der Waals surface area contributed by atoms with Gasteiger partial charge in [-0.25, -0.2) is 4.98 Å². The van der Waals surface area contributed by atoms with Crippen molar-refractivity contribution in [3.05, 3.63) is 60.2 Å². The van der Waals surface area contributed by atoms with Gasteiger partial charge in [-0.1, -0.05) is 22.7 Å². The molecule has 0 N–H and O–H groups in total. The van der Waals surface area contributed by atoms with E-state index in [-0.39, 0.29) is 5.78 Å². The highest BCUT2D eigenvalue weighted by molar-refractivity contribution is 7.30. The van der Waals surface area contributed by atoms with Gasteiger partial charge in [0.1, 0.15) is 9.83 Å². The molecule has 30 heavy (non-hydrogen) atoms. The Morgan fingerprint density at radius 2 is 1.50 bits per heavy atom. The second-order valence-corrected chi connectivity index (χ2v) is 8.68. The SMILES string of the molecule is CC(=O)c1ccc(N=Nc2cc3sc(N=Nc4ccc(N(C)C)cc4)nc3s2)cc1. The maximum atomic E-state index is 11.3. The van der Waals surface area contributed by atoms with Crippen LogP contribution in [0.3, 0.4) is 0 Å². The van der Waals surface area contributed by atoms with E-state index in [9.17, 15) is 4.79 Å². The highest BCUT2D eigenvalue weighted by Crippen LogP contribution is 2.39. The molecule has 4 rings (SSSR count). The lowest BCUT2D eigenvalue weighted by atomic mass is 10.1. The van der Waals surface area contributed by atoms with Crippen LogP contribution in [0.2, 0.25) is 0 Å². The number of benzene rings is 2. The van der Waals surface area contributed by atoms with E-state index in [0.29, 0.717) is 16.4 Å². The van der Waals surface area contributed by atoms with E-state index in [1.54, 1.807) is 24.3 Å². The lowest BCUT2D eigenvalue weighted by Gasteiger charge is -2.11. The summed E-state index contributed by atoms with van der Waals surface area (Å²) in [5.74, 6) is 0.0292. The Morgan fingerprint density at radius 1 is 0.867 bits per heavy atom. The number of anilines is 1. The van der Waals surface area contributed by atoms with Gasteiger partial charge in [0.25, 0.3) is 0 Å². The van der Waals surface area contributed by atoms with E-state index in [1.807, 2.05) is 49.3 Å². The summed E-state index contributed by atoms with van der Waals surface area (Å²) in [5, 5.41) is 18.4. The zero-order chi connectivity index (χ0) is 21.1. The van der Waals surface area contributed by atoms with Gasteiger partial charge in [-0.3, -0.25) is 4.79 Å². The number of nitrogens with zero attached hydrogens (tertiary/aromatic N) is 6. The van der Waals surface area contributed by atoms with E-state index in [2.05, 4.69) is 25.4 Å². The molecule has 0 spiro atoms. The molecule has 2 aromatic carbocycles. The highest BCUT2D eigenvalue weighted by atomic mass is 32.1. The molecular formula is C21H18N6OS2. The Hall–Kier alpha value is -3.30. The molecule has 0 radical (unpaired) electrons. The summed E-state index contributed by atoms with van der Waals surface area (Å²) < 4.78 is 0.998. The molecule has 0 unspecified atom stereocenters. The number of fused-ring (bicyclic) bond motifs is 1. The molecule has 2 heterocycles. The molecule has 0 aliphatic carbocycles. The Labute approximate surface area is 181 Å². The van der Waals surface area contributed by atoms with Crippen molar-refractivity contribution in [3.63, 3.8) is 0 Å². The molecule has 7 nitrogen and oxygen atoms in total. The first-order valence-electron chi connectivity index (χ1n) is 9.10. The van der Waals surface area contributed by atoms with Crippen LogP contribution in [-0.4, -0.2) is 24.9 Å². The van der Waals surface area contributed by atoms with Gasteiger partial charge in [0.05, 0.1) is 16.1 Å². The van der Waals surface area contributed by atoms with Gasteiger partial charge in [-0.2, -0.15) is 0 Å². The maximum absolute atomic E-state index is 11.3. The summed E-state index contributed by atoms with van der Waals surface area (Å²) in [4.78, 5) is 18.7. The van der Waals surface area contributed by atoms with Crippen LogP contribution in [0.5, 0.6) is 0 Å². The zero-order valence-electron chi connectivity index (χ0n) is 16.6. The highest BCUT2D eigenvalue weighted by Gasteiger charge is 2.08. The molecule has 0 amide bonds. The summed E-state index contributed by atoms with van der Waals surface area (Å²) >= 11 is 2.91. The minimum atomic E-state index is 0.0292. The summed E-state index contributed by atoms with van der Waals surface area (Å²) in [6, 6.07) is 16.8. The first-order valence-corrected chi connectivity index (χ1v) is 10.7. The fourth-order valence-corrected chi connectivity index (χ4v) is 4.44. The standard InChI is InChI=1S/C21H18N6OS2/c1-13(28)14-4-6-15(7-5-14)23-25-19-12-18-20(30-19)22-21(29-18)26-24-16-8-10-17(11-9-16)27(2)3/h4-12H,1-3H3. The van der Waals surface area contributed by atoms with Crippen molar-refractivity contribution in [2.45, 2.75) is 6.92 Å². The second kappa shape index (κ2) is 8.60. The number of rotatable bonds is 6. The molecule has 4 aromatic rings. The van der Waals surface area contributed by atoms with Crippen LogP contribution in [0.25, 0.3) is 9.53 Å².